The van der Waals surface area contributed by atoms with E-state index in [2.05, 4.69) is 37.8 Å². The predicted octanol–water partition coefficient (Wildman–Crippen LogP) is 6.23. The number of hydrogen-bond acceptors (Lipinski definition) is 6. The minimum absolute atomic E-state index is 0.0149. The first kappa shape index (κ1) is 27.8. The normalized spacial score (nSPS) is 14.2. The van der Waals surface area contributed by atoms with E-state index in [1.165, 1.54) is 11.1 Å². The van der Waals surface area contributed by atoms with Crippen LogP contribution in [0, 0.1) is 19.8 Å². The molecule has 0 atom stereocenters. The number of H-pyrrole nitrogens is 1. The van der Waals surface area contributed by atoms with Crippen LogP contribution in [0.5, 0.6) is 0 Å². The van der Waals surface area contributed by atoms with Crippen LogP contribution in [-0.2, 0) is 31.2 Å². The van der Waals surface area contributed by atoms with Crippen LogP contribution in [0.3, 0.4) is 0 Å². The fraction of sp³-hybridized carbons (Fsp3) is 0.194. The van der Waals surface area contributed by atoms with Gasteiger partial charge in [-0.2, -0.15) is 5.10 Å². The lowest BCUT2D eigenvalue weighted by atomic mass is 10.0. The Morgan fingerprint density at radius 2 is 1.76 bits per heavy atom. The summed E-state index contributed by atoms with van der Waals surface area (Å²) in [6, 6.07) is 21.7. The van der Waals surface area contributed by atoms with E-state index < -0.39 is 0 Å². The highest BCUT2D eigenvalue weighted by molar-refractivity contribution is 6.15. The van der Waals surface area contributed by atoms with Gasteiger partial charge in [-0.15, -0.1) is 0 Å². The average Bonchev–Trinajstić information content (AvgIpc) is 3.83. The van der Waals surface area contributed by atoms with Crippen molar-refractivity contribution in [2.75, 3.05) is 15.5 Å². The fourth-order valence-electron chi connectivity index (χ4n) is 6.69. The van der Waals surface area contributed by atoms with Crippen molar-refractivity contribution in [3.8, 4) is 11.3 Å². The minimum Gasteiger partial charge on any atom is -0.359 e. The Morgan fingerprint density at radius 3 is 2.52 bits per heavy atom. The standard InChI is InChI=1S/C36H32N8O2/c1-20-17-38-36(40-31-14-21(2)43(3)42-31)41-32(20)27-18-37-33-25(27)10-7-13-30(33)44-19-28-26(35(44)46)11-6-12-29(28)39-34(45)24-15-22-8-4-5-9-23(22)16-24/h4-14,17-18,24,37H,15-16,19H2,1-3H3,(H,39,45)(H,38,40,41,42). The highest BCUT2D eigenvalue weighted by Gasteiger charge is 2.33. The van der Waals surface area contributed by atoms with Crippen LogP contribution in [0.4, 0.5) is 23.1 Å². The molecule has 8 rings (SSSR count). The Bertz CT molecular complexity index is 2150. The van der Waals surface area contributed by atoms with Crippen molar-refractivity contribution >= 4 is 45.9 Å². The number of aromatic nitrogens is 5. The molecule has 1 aliphatic carbocycles. The predicted molar refractivity (Wildman–Crippen MR) is 178 cm³/mol. The SMILES string of the molecule is Cc1cnc(Nc2cc(C)n(C)n2)nc1-c1c[nH]c2c(N3Cc4c(NC(=O)C5Cc6ccccc6C5)cccc4C3=O)cccc12. The first-order valence-corrected chi connectivity index (χ1v) is 15.4. The Kier molecular flexibility index (Phi) is 6.45. The maximum Gasteiger partial charge on any atom is 0.259 e. The van der Waals surface area contributed by atoms with E-state index in [1.807, 2.05) is 81.7 Å². The van der Waals surface area contributed by atoms with Crippen molar-refractivity contribution in [2.45, 2.75) is 33.2 Å². The van der Waals surface area contributed by atoms with Gasteiger partial charge in [0.1, 0.15) is 0 Å². The number of benzene rings is 3. The van der Waals surface area contributed by atoms with Gasteiger partial charge in [-0.25, -0.2) is 9.97 Å². The van der Waals surface area contributed by atoms with Crippen LogP contribution in [0.25, 0.3) is 22.2 Å². The first-order valence-electron chi connectivity index (χ1n) is 15.4. The molecular weight excluding hydrogens is 576 g/mol. The number of aryl methyl sites for hydroxylation is 3. The summed E-state index contributed by atoms with van der Waals surface area (Å²) in [4.78, 5) is 41.7. The summed E-state index contributed by atoms with van der Waals surface area (Å²) >= 11 is 0. The fourth-order valence-corrected chi connectivity index (χ4v) is 6.69. The van der Waals surface area contributed by atoms with E-state index in [-0.39, 0.29) is 17.7 Å². The van der Waals surface area contributed by atoms with Crippen LogP contribution in [0.15, 0.2) is 79.1 Å². The highest BCUT2D eigenvalue weighted by atomic mass is 16.2. The molecule has 2 aliphatic rings. The summed E-state index contributed by atoms with van der Waals surface area (Å²) < 4.78 is 1.79. The van der Waals surface area contributed by atoms with Crippen molar-refractivity contribution < 1.29 is 9.59 Å². The number of carbonyl (C=O) groups excluding carboxylic acids is 2. The van der Waals surface area contributed by atoms with Crippen LogP contribution in [0.2, 0.25) is 0 Å². The van der Waals surface area contributed by atoms with Crippen molar-refractivity contribution in [2.24, 2.45) is 13.0 Å². The van der Waals surface area contributed by atoms with Gasteiger partial charge in [0.05, 0.1) is 23.4 Å². The van der Waals surface area contributed by atoms with E-state index in [0.717, 1.165) is 57.5 Å². The molecule has 10 heteroatoms. The minimum atomic E-state index is -0.124. The average molecular weight is 609 g/mol. The number of anilines is 4. The molecule has 3 aromatic heterocycles. The third-order valence-electron chi connectivity index (χ3n) is 9.21. The number of carbonyl (C=O) groups is 2. The van der Waals surface area contributed by atoms with Crippen LogP contribution in [0.1, 0.15) is 38.3 Å². The van der Waals surface area contributed by atoms with Gasteiger partial charge in [0.25, 0.3) is 5.91 Å². The molecule has 0 radical (unpaired) electrons. The third kappa shape index (κ3) is 4.61. The number of amides is 2. The molecule has 0 spiro atoms. The Balaban J connectivity index is 1.08. The van der Waals surface area contributed by atoms with E-state index in [1.54, 1.807) is 15.8 Å². The molecule has 0 saturated heterocycles. The maximum absolute atomic E-state index is 13.8. The molecule has 6 aromatic rings. The second-order valence-electron chi connectivity index (χ2n) is 12.1. The highest BCUT2D eigenvalue weighted by Crippen LogP contribution is 2.39. The molecule has 1 aliphatic heterocycles. The molecule has 0 saturated carbocycles. The number of fused-ring (bicyclic) bond motifs is 3. The largest absolute Gasteiger partial charge is 0.359 e. The lowest BCUT2D eigenvalue weighted by molar-refractivity contribution is -0.119. The molecule has 2 amide bonds. The number of nitrogens with one attached hydrogen (secondary N) is 3. The van der Waals surface area contributed by atoms with Gasteiger partial charge in [0, 0.05) is 64.9 Å². The van der Waals surface area contributed by atoms with Gasteiger partial charge in [0.15, 0.2) is 5.82 Å². The van der Waals surface area contributed by atoms with Crippen molar-refractivity contribution in [1.29, 1.82) is 0 Å². The number of para-hydroxylation sites is 1. The molecule has 3 aromatic carbocycles. The van der Waals surface area contributed by atoms with Crippen molar-refractivity contribution in [1.82, 2.24) is 24.7 Å². The zero-order valence-corrected chi connectivity index (χ0v) is 25.8. The number of rotatable bonds is 6. The van der Waals surface area contributed by atoms with Gasteiger partial charge in [0.2, 0.25) is 11.9 Å². The maximum atomic E-state index is 13.8. The summed E-state index contributed by atoms with van der Waals surface area (Å²) in [6.07, 6.45) is 5.18. The summed E-state index contributed by atoms with van der Waals surface area (Å²) in [5, 5.41) is 11.8. The molecular formula is C36H32N8O2. The lowest BCUT2D eigenvalue weighted by Gasteiger charge is -2.17. The van der Waals surface area contributed by atoms with Crippen molar-refractivity contribution in [3.63, 3.8) is 0 Å². The Morgan fingerprint density at radius 1 is 0.978 bits per heavy atom. The molecule has 0 unspecified atom stereocenters. The number of aromatic amines is 1. The second kappa shape index (κ2) is 10.7. The van der Waals surface area contributed by atoms with Gasteiger partial charge in [-0.05, 0) is 61.6 Å². The smallest absolute Gasteiger partial charge is 0.259 e. The summed E-state index contributed by atoms with van der Waals surface area (Å²) in [6.45, 7) is 4.32. The van der Waals surface area contributed by atoms with Gasteiger partial charge >= 0.3 is 0 Å². The molecule has 4 heterocycles. The number of hydrogen-bond donors (Lipinski definition) is 3. The van der Waals surface area contributed by atoms with E-state index in [0.29, 0.717) is 29.6 Å². The van der Waals surface area contributed by atoms with E-state index in [4.69, 9.17) is 4.98 Å². The molecule has 228 valence electrons. The first-order chi connectivity index (χ1) is 22.3. The van der Waals surface area contributed by atoms with Crippen LogP contribution >= 0.6 is 0 Å². The summed E-state index contributed by atoms with van der Waals surface area (Å²) in [5.41, 5.74) is 9.81. The zero-order chi connectivity index (χ0) is 31.5. The summed E-state index contributed by atoms with van der Waals surface area (Å²) in [5.74, 6) is 0.885. The van der Waals surface area contributed by atoms with Gasteiger partial charge in [-0.1, -0.05) is 42.5 Å². The molecule has 10 nitrogen and oxygen atoms in total. The topological polar surface area (TPSA) is 121 Å². The molecule has 0 fully saturated rings. The van der Waals surface area contributed by atoms with Crippen LogP contribution in [-0.4, -0.2) is 36.5 Å². The van der Waals surface area contributed by atoms with Crippen LogP contribution < -0.4 is 15.5 Å². The lowest BCUT2D eigenvalue weighted by Crippen LogP contribution is -2.24. The molecule has 46 heavy (non-hydrogen) atoms. The second-order valence-corrected chi connectivity index (χ2v) is 12.1. The van der Waals surface area contributed by atoms with Crippen molar-refractivity contribution in [3.05, 3.63) is 113 Å². The Labute approximate surface area is 265 Å². The van der Waals surface area contributed by atoms with E-state index >= 15 is 0 Å². The van der Waals surface area contributed by atoms with Gasteiger partial charge < -0.3 is 20.5 Å². The Hall–Kier alpha value is -5.77. The quantitative estimate of drug-likeness (QED) is 0.206. The zero-order valence-electron chi connectivity index (χ0n) is 25.8. The molecule has 3 N–H and O–H groups in total. The number of nitrogens with zero attached hydrogens (tertiary/aromatic N) is 5. The van der Waals surface area contributed by atoms with Gasteiger partial charge in [-0.3, -0.25) is 14.3 Å². The monoisotopic (exact) mass is 608 g/mol. The molecule has 0 bridgehead atoms. The van der Waals surface area contributed by atoms with E-state index in [9.17, 15) is 9.59 Å². The third-order valence-corrected chi connectivity index (χ3v) is 9.21. The summed E-state index contributed by atoms with van der Waals surface area (Å²) in [7, 11) is 1.89.